The summed E-state index contributed by atoms with van der Waals surface area (Å²) in [5.41, 5.74) is 6.04. The van der Waals surface area contributed by atoms with Crippen LogP contribution in [0, 0.1) is 26.7 Å². The minimum Gasteiger partial charge on any atom is -0.462 e. The second kappa shape index (κ2) is 9.69. The van der Waals surface area contributed by atoms with Crippen LogP contribution in [0.1, 0.15) is 59.4 Å². The number of thiocarbonyl (C=S) groups is 1. The third-order valence-electron chi connectivity index (χ3n) is 4.71. The summed E-state index contributed by atoms with van der Waals surface area (Å²) in [6.45, 7) is 12.7. The normalized spacial score (nSPS) is 11.8. The third kappa shape index (κ3) is 5.55. The number of benzene rings is 2. The van der Waals surface area contributed by atoms with Crippen LogP contribution in [0.25, 0.3) is 0 Å². The highest BCUT2D eigenvalue weighted by Crippen LogP contribution is 2.26. The molecule has 0 radical (unpaired) electrons. The van der Waals surface area contributed by atoms with E-state index in [1.165, 1.54) is 16.7 Å². The lowest BCUT2D eigenvalue weighted by atomic mass is 9.92. The zero-order valence-electron chi connectivity index (χ0n) is 17.6. The van der Waals surface area contributed by atoms with Crippen molar-refractivity contribution in [3.63, 3.8) is 0 Å². The monoisotopic (exact) mass is 398 g/mol. The van der Waals surface area contributed by atoms with Gasteiger partial charge in [-0.05, 0) is 74.7 Å². The van der Waals surface area contributed by atoms with Crippen LogP contribution < -0.4 is 10.6 Å². The van der Waals surface area contributed by atoms with Crippen molar-refractivity contribution in [2.75, 3.05) is 11.9 Å². The molecular weight excluding hydrogens is 368 g/mol. The zero-order valence-corrected chi connectivity index (χ0v) is 18.4. The first kappa shape index (κ1) is 21.9. The second-order valence-electron chi connectivity index (χ2n) is 7.43. The summed E-state index contributed by atoms with van der Waals surface area (Å²) in [4.78, 5) is 12.0. The number of esters is 1. The van der Waals surface area contributed by atoms with Gasteiger partial charge in [0, 0.05) is 5.69 Å². The van der Waals surface area contributed by atoms with Crippen LogP contribution >= 0.6 is 12.2 Å². The molecule has 0 aliphatic carbocycles. The lowest BCUT2D eigenvalue weighted by Crippen LogP contribution is -2.35. The summed E-state index contributed by atoms with van der Waals surface area (Å²) in [6.07, 6.45) is 0. The van der Waals surface area contributed by atoms with Crippen LogP contribution in [-0.2, 0) is 4.74 Å². The van der Waals surface area contributed by atoms with Gasteiger partial charge in [-0.25, -0.2) is 4.79 Å². The fraction of sp³-hybridized carbons (Fsp3) is 0.391. The zero-order chi connectivity index (χ0) is 20.8. The van der Waals surface area contributed by atoms with E-state index in [2.05, 4.69) is 56.5 Å². The van der Waals surface area contributed by atoms with Crippen LogP contribution in [0.2, 0.25) is 0 Å². The maximum atomic E-state index is 12.0. The van der Waals surface area contributed by atoms with Gasteiger partial charge in [0.25, 0.3) is 0 Å². The number of carbonyl (C=O) groups excluding carboxylic acids is 1. The van der Waals surface area contributed by atoms with E-state index in [0.717, 1.165) is 11.3 Å². The van der Waals surface area contributed by atoms with Crippen LogP contribution in [0.5, 0.6) is 0 Å². The Labute approximate surface area is 173 Å². The van der Waals surface area contributed by atoms with E-state index in [9.17, 15) is 4.79 Å². The number of ether oxygens (including phenoxy) is 1. The molecule has 2 rings (SSSR count). The quantitative estimate of drug-likeness (QED) is 0.499. The molecule has 2 aromatic carbocycles. The van der Waals surface area contributed by atoms with Gasteiger partial charge in [0.1, 0.15) is 0 Å². The fourth-order valence-electron chi connectivity index (χ4n) is 3.18. The average Bonchev–Trinajstić information content (AvgIpc) is 2.62. The number of nitrogens with one attached hydrogen (secondary N) is 2. The van der Waals surface area contributed by atoms with Crippen molar-refractivity contribution < 1.29 is 9.53 Å². The summed E-state index contributed by atoms with van der Waals surface area (Å²) in [5, 5.41) is 7.22. The van der Waals surface area contributed by atoms with E-state index in [0.29, 0.717) is 23.2 Å². The molecule has 28 heavy (non-hydrogen) atoms. The van der Waals surface area contributed by atoms with Gasteiger partial charge in [-0.2, -0.15) is 0 Å². The van der Waals surface area contributed by atoms with Crippen molar-refractivity contribution in [1.82, 2.24) is 5.32 Å². The van der Waals surface area contributed by atoms with Gasteiger partial charge in [0.15, 0.2) is 5.11 Å². The van der Waals surface area contributed by atoms with E-state index in [1.54, 1.807) is 19.1 Å². The topological polar surface area (TPSA) is 50.4 Å². The van der Waals surface area contributed by atoms with Crippen molar-refractivity contribution in [2.45, 2.75) is 47.6 Å². The van der Waals surface area contributed by atoms with Gasteiger partial charge in [-0.15, -0.1) is 0 Å². The number of hydrogen-bond acceptors (Lipinski definition) is 3. The summed E-state index contributed by atoms with van der Waals surface area (Å²) in [6, 6.07) is 12.0. The van der Waals surface area contributed by atoms with Crippen LogP contribution in [0.15, 0.2) is 36.4 Å². The molecule has 5 heteroatoms. The Bertz CT molecular complexity index is 862. The Morgan fingerprint density at radius 3 is 2.39 bits per heavy atom. The number of anilines is 1. The summed E-state index contributed by atoms with van der Waals surface area (Å²) >= 11 is 5.58. The lowest BCUT2D eigenvalue weighted by Gasteiger charge is -2.26. The van der Waals surface area contributed by atoms with Gasteiger partial charge in [-0.1, -0.05) is 43.7 Å². The van der Waals surface area contributed by atoms with Crippen molar-refractivity contribution in [2.24, 2.45) is 5.92 Å². The molecule has 0 aliphatic heterocycles. The first-order chi connectivity index (χ1) is 13.2. The van der Waals surface area contributed by atoms with E-state index >= 15 is 0 Å². The Morgan fingerprint density at radius 1 is 1.07 bits per heavy atom. The molecule has 0 bridgehead atoms. The molecule has 4 nitrogen and oxygen atoms in total. The molecule has 2 N–H and O–H groups in total. The number of carbonyl (C=O) groups is 1. The van der Waals surface area contributed by atoms with Gasteiger partial charge in [0.2, 0.25) is 0 Å². The highest BCUT2D eigenvalue weighted by molar-refractivity contribution is 7.80. The van der Waals surface area contributed by atoms with E-state index < -0.39 is 0 Å². The molecule has 0 heterocycles. The first-order valence-electron chi connectivity index (χ1n) is 9.65. The molecule has 150 valence electrons. The molecule has 0 spiro atoms. The third-order valence-corrected chi connectivity index (χ3v) is 4.93. The smallest absolute Gasteiger partial charge is 0.338 e. The number of hydrogen-bond donors (Lipinski definition) is 2. The summed E-state index contributed by atoms with van der Waals surface area (Å²) < 4.78 is 5.09. The maximum Gasteiger partial charge on any atom is 0.338 e. The minimum absolute atomic E-state index is 0.0918. The molecular formula is C23H30N2O2S. The SMILES string of the molecule is CCOC(=O)c1ccc(C)c(NC(=S)N[C@@H](c2ccc(C)cc2C)C(C)C)c1. The maximum absolute atomic E-state index is 12.0. The predicted molar refractivity (Wildman–Crippen MR) is 120 cm³/mol. The Hall–Kier alpha value is -2.40. The van der Waals surface area contributed by atoms with E-state index in [4.69, 9.17) is 17.0 Å². The van der Waals surface area contributed by atoms with Crippen LogP contribution in [-0.4, -0.2) is 17.7 Å². The minimum atomic E-state index is -0.334. The Balaban J connectivity index is 2.19. The highest BCUT2D eigenvalue weighted by Gasteiger charge is 2.19. The highest BCUT2D eigenvalue weighted by atomic mass is 32.1. The van der Waals surface area contributed by atoms with Crippen molar-refractivity contribution >= 4 is 29.0 Å². The molecule has 0 amide bonds. The van der Waals surface area contributed by atoms with Gasteiger partial charge in [0.05, 0.1) is 18.2 Å². The van der Waals surface area contributed by atoms with E-state index in [1.807, 2.05) is 13.0 Å². The van der Waals surface area contributed by atoms with Crippen LogP contribution in [0.4, 0.5) is 5.69 Å². The molecule has 0 aromatic heterocycles. The molecule has 1 atom stereocenters. The molecule has 0 fully saturated rings. The largest absolute Gasteiger partial charge is 0.462 e. The van der Waals surface area contributed by atoms with Gasteiger partial charge >= 0.3 is 5.97 Å². The molecule has 0 aliphatic rings. The van der Waals surface area contributed by atoms with Gasteiger partial charge < -0.3 is 15.4 Å². The standard InChI is InChI=1S/C23H30N2O2S/c1-7-27-22(26)18-10-9-16(5)20(13-18)24-23(28)25-21(14(2)3)19-11-8-15(4)12-17(19)6/h8-14,21H,7H2,1-6H3,(H2,24,25,28)/t21-/m1/s1. The van der Waals surface area contributed by atoms with Gasteiger partial charge in [-0.3, -0.25) is 0 Å². The summed E-state index contributed by atoms with van der Waals surface area (Å²) in [5.74, 6) is 0.0212. The lowest BCUT2D eigenvalue weighted by molar-refractivity contribution is 0.0526. The predicted octanol–water partition coefficient (Wildman–Crippen LogP) is 5.47. The molecule has 2 aromatic rings. The van der Waals surface area contributed by atoms with Crippen molar-refractivity contribution in [3.8, 4) is 0 Å². The molecule has 0 saturated carbocycles. The van der Waals surface area contributed by atoms with Crippen LogP contribution in [0.3, 0.4) is 0 Å². The number of rotatable bonds is 6. The van der Waals surface area contributed by atoms with Crippen molar-refractivity contribution in [3.05, 3.63) is 64.2 Å². The Kier molecular flexibility index (Phi) is 7.58. The van der Waals surface area contributed by atoms with E-state index in [-0.39, 0.29) is 12.0 Å². The fourth-order valence-corrected chi connectivity index (χ4v) is 3.41. The second-order valence-corrected chi connectivity index (χ2v) is 7.84. The van der Waals surface area contributed by atoms with Crippen molar-refractivity contribution in [1.29, 1.82) is 0 Å². The average molecular weight is 399 g/mol. The molecule has 0 unspecified atom stereocenters. The Morgan fingerprint density at radius 2 is 1.79 bits per heavy atom. The first-order valence-corrected chi connectivity index (χ1v) is 10.1. The number of aryl methyl sites for hydroxylation is 3. The summed E-state index contributed by atoms with van der Waals surface area (Å²) in [7, 11) is 0. The molecule has 0 saturated heterocycles.